The molecule has 0 spiro atoms. The quantitative estimate of drug-likeness (QED) is 0.478. The Morgan fingerprint density at radius 3 is 2.17 bits per heavy atom. The molecule has 1 saturated heterocycles. The van der Waals surface area contributed by atoms with Gasteiger partial charge in [0.1, 0.15) is 17.0 Å². The number of ether oxygens (including phenoxy) is 1. The van der Waals surface area contributed by atoms with E-state index >= 15 is 0 Å². The molecule has 0 atom stereocenters. The number of amides is 1. The minimum atomic E-state index is -0.546. The van der Waals surface area contributed by atoms with Crippen LogP contribution in [0.5, 0.6) is 0 Å². The summed E-state index contributed by atoms with van der Waals surface area (Å²) >= 11 is 0. The van der Waals surface area contributed by atoms with E-state index in [0.717, 1.165) is 52.7 Å². The zero-order valence-electron chi connectivity index (χ0n) is 22.3. The molecule has 8 heteroatoms. The maximum absolute atomic E-state index is 12.5. The summed E-state index contributed by atoms with van der Waals surface area (Å²) in [4.78, 5) is 20.8. The van der Waals surface area contributed by atoms with Gasteiger partial charge in [-0.05, 0) is 96.5 Å². The van der Waals surface area contributed by atoms with Gasteiger partial charge >= 0.3 is 13.2 Å². The molecule has 7 nitrogen and oxygen atoms in total. The van der Waals surface area contributed by atoms with Crippen LogP contribution in [0.15, 0.2) is 42.5 Å². The van der Waals surface area contributed by atoms with Crippen LogP contribution in [0.4, 0.5) is 4.79 Å². The number of alkyl carbamates (subject to hydrolysis) is 1. The first-order valence-corrected chi connectivity index (χ1v) is 12.7. The van der Waals surface area contributed by atoms with E-state index in [9.17, 15) is 4.79 Å². The third-order valence-corrected chi connectivity index (χ3v) is 7.65. The van der Waals surface area contributed by atoms with Crippen molar-refractivity contribution in [3.8, 4) is 11.1 Å². The molecule has 2 heterocycles. The lowest BCUT2D eigenvalue weighted by Crippen LogP contribution is -2.52. The first-order valence-electron chi connectivity index (χ1n) is 12.7. The minimum absolute atomic E-state index is 0.365. The Kier molecular flexibility index (Phi) is 5.76. The third kappa shape index (κ3) is 4.52. The lowest BCUT2D eigenvalue weighted by molar-refractivity contribution is 0.00578. The number of aromatic amines is 1. The Morgan fingerprint density at radius 1 is 1.00 bits per heavy atom. The van der Waals surface area contributed by atoms with Crippen molar-refractivity contribution in [3.05, 3.63) is 48.3 Å². The second kappa shape index (κ2) is 8.35. The number of carbonyl (C=O) groups excluding carboxylic acids is 1. The molecule has 1 aliphatic heterocycles. The maximum atomic E-state index is 12.5. The zero-order valence-corrected chi connectivity index (χ0v) is 22.3. The number of rotatable bonds is 4. The highest BCUT2D eigenvalue weighted by molar-refractivity contribution is 6.62. The van der Waals surface area contributed by atoms with E-state index in [1.165, 1.54) is 0 Å². The zero-order chi connectivity index (χ0) is 25.9. The van der Waals surface area contributed by atoms with E-state index in [4.69, 9.17) is 19.0 Å². The fraction of sp³-hybridized carbons (Fsp3) is 0.500. The topological polar surface area (TPSA) is 85.5 Å². The molecule has 0 bridgehead atoms. The third-order valence-electron chi connectivity index (χ3n) is 7.65. The molecule has 1 saturated carbocycles. The highest BCUT2D eigenvalue weighted by Crippen LogP contribution is 2.41. The molecule has 1 amide bonds. The normalized spacial score (nSPS) is 20.2. The van der Waals surface area contributed by atoms with Gasteiger partial charge in [0.2, 0.25) is 0 Å². The van der Waals surface area contributed by atoms with Gasteiger partial charge < -0.3 is 24.3 Å². The maximum Gasteiger partial charge on any atom is 0.494 e. The molecule has 0 radical (unpaired) electrons. The number of nitrogens with zero attached hydrogens (tertiary/aromatic N) is 1. The van der Waals surface area contributed by atoms with E-state index in [1.807, 2.05) is 26.8 Å². The van der Waals surface area contributed by atoms with E-state index in [-0.39, 0.29) is 18.3 Å². The van der Waals surface area contributed by atoms with Crippen molar-refractivity contribution < 1.29 is 18.8 Å². The van der Waals surface area contributed by atoms with Gasteiger partial charge in [0.25, 0.3) is 0 Å². The van der Waals surface area contributed by atoms with Gasteiger partial charge in [-0.15, -0.1) is 0 Å². The average Bonchev–Trinajstić information content (AvgIpc) is 3.26. The summed E-state index contributed by atoms with van der Waals surface area (Å²) in [5, 5.41) is 3.08. The smallest absolute Gasteiger partial charge is 0.444 e. The molecule has 2 N–H and O–H groups in total. The molecular weight excluding hydrogens is 453 g/mol. The van der Waals surface area contributed by atoms with E-state index < -0.39 is 17.2 Å². The number of aromatic nitrogens is 2. The lowest BCUT2D eigenvalue weighted by Gasteiger charge is -2.40. The molecule has 1 aliphatic carbocycles. The Morgan fingerprint density at radius 2 is 1.61 bits per heavy atom. The monoisotopic (exact) mass is 489 g/mol. The van der Waals surface area contributed by atoms with Crippen molar-refractivity contribution in [1.29, 1.82) is 0 Å². The summed E-state index contributed by atoms with van der Waals surface area (Å²) in [5.74, 6) is 0.780. The summed E-state index contributed by atoms with van der Waals surface area (Å²) in [6.07, 6.45) is 2.29. The molecule has 36 heavy (non-hydrogen) atoms. The Balaban J connectivity index is 1.36. The van der Waals surface area contributed by atoms with Crippen molar-refractivity contribution >= 4 is 29.7 Å². The van der Waals surface area contributed by atoms with E-state index in [1.54, 1.807) is 0 Å². The second-order valence-electron chi connectivity index (χ2n) is 12.1. The molecule has 2 fully saturated rings. The number of H-pyrrole nitrogens is 1. The summed E-state index contributed by atoms with van der Waals surface area (Å²) in [7, 11) is -0.377. The van der Waals surface area contributed by atoms with Crippen LogP contribution in [0.2, 0.25) is 0 Å². The predicted octanol–water partition coefficient (Wildman–Crippen LogP) is 5.43. The highest BCUT2D eigenvalue weighted by Gasteiger charge is 2.51. The number of fused-ring (bicyclic) bond motifs is 1. The lowest BCUT2D eigenvalue weighted by atomic mass is 9.76. The molecule has 2 aromatic carbocycles. The Labute approximate surface area is 213 Å². The molecule has 5 rings (SSSR count). The first kappa shape index (κ1) is 24.8. The minimum Gasteiger partial charge on any atom is -0.444 e. The summed E-state index contributed by atoms with van der Waals surface area (Å²) < 4.78 is 17.9. The summed E-state index contributed by atoms with van der Waals surface area (Å²) in [6, 6.07) is 14.5. The summed E-state index contributed by atoms with van der Waals surface area (Å²) in [5.41, 5.74) is 3.21. The fourth-order valence-corrected chi connectivity index (χ4v) is 4.68. The number of imidazole rings is 1. The molecule has 0 unspecified atom stereocenters. The van der Waals surface area contributed by atoms with Crippen molar-refractivity contribution in [3.63, 3.8) is 0 Å². The van der Waals surface area contributed by atoms with Crippen LogP contribution >= 0.6 is 0 Å². The highest BCUT2D eigenvalue weighted by atomic mass is 16.7. The van der Waals surface area contributed by atoms with Crippen molar-refractivity contribution in [2.24, 2.45) is 0 Å². The number of nitrogens with one attached hydrogen (secondary N) is 2. The van der Waals surface area contributed by atoms with Crippen LogP contribution < -0.4 is 10.8 Å². The number of benzene rings is 2. The number of hydrogen-bond acceptors (Lipinski definition) is 5. The van der Waals surface area contributed by atoms with E-state index in [0.29, 0.717) is 0 Å². The first-order chi connectivity index (χ1) is 16.8. The van der Waals surface area contributed by atoms with Crippen LogP contribution in [-0.2, 0) is 19.6 Å². The SMILES string of the molecule is CC(C)(C)OC(=O)NC1(c2nc3ccc(-c4ccc(B5OC(C)(C)C(C)(C)O5)cc4)cc3[nH]2)CCC1. The molecule has 2 aliphatic rings. The van der Waals surface area contributed by atoms with Gasteiger partial charge in [-0.1, -0.05) is 30.3 Å². The molecule has 190 valence electrons. The number of carbonyl (C=O) groups is 1. The van der Waals surface area contributed by atoms with Crippen molar-refractivity contribution in [1.82, 2.24) is 15.3 Å². The van der Waals surface area contributed by atoms with Crippen molar-refractivity contribution in [2.45, 2.75) is 90.1 Å². The van der Waals surface area contributed by atoms with Gasteiger partial charge in [0, 0.05) is 0 Å². The average molecular weight is 489 g/mol. The Hall–Kier alpha value is -2.84. The van der Waals surface area contributed by atoms with Gasteiger partial charge in [-0.3, -0.25) is 0 Å². The van der Waals surface area contributed by atoms with Crippen LogP contribution in [0.25, 0.3) is 22.2 Å². The largest absolute Gasteiger partial charge is 0.494 e. The van der Waals surface area contributed by atoms with Crippen LogP contribution in [0.1, 0.15) is 73.6 Å². The Bertz CT molecular complexity index is 1270. The fourth-order valence-electron chi connectivity index (χ4n) is 4.68. The van der Waals surface area contributed by atoms with Gasteiger partial charge in [0.15, 0.2) is 0 Å². The molecule has 1 aromatic heterocycles. The van der Waals surface area contributed by atoms with Crippen LogP contribution in [0.3, 0.4) is 0 Å². The van der Waals surface area contributed by atoms with E-state index in [2.05, 4.69) is 74.4 Å². The van der Waals surface area contributed by atoms with Gasteiger partial charge in [-0.25, -0.2) is 9.78 Å². The number of hydrogen-bond donors (Lipinski definition) is 2. The van der Waals surface area contributed by atoms with Crippen LogP contribution in [0, 0.1) is 0 Å². The van der Waals surface area contributed by atoms with Crippen molar-refractivity contribution in [2.75, 3.05) is 0 Å². The predicted molar refractivity (Wildman–Crippen MR) is 142 cm³/mol. The molecular formula is C28H36BN3O4. The second-order valence-corrected chi connectivity index (χ2v) is 12.1. The summed E-state index contributed by atoms with van der Waals surface area (Å²) in [6.45, 7) is 13.8. The molecule has 3 aromatic rings. The van der Waals surface area contributed by atoms with Crippen LogP contribution in [-0.4, -0.2) is 40.0 Å². The van der Waals surface area contributed by atoms with Gasteiger partial charge in [-0.2, -0.15) is 0 Å². The van der Waals surface area contributed by atoms with Gasteiger partial charge in [0.05, 0.1) is 22.2 Å². The standard InChI is InChI=1S/C28H36BN3O4/c1-25(2,3)34-24(33)32-28(15-8-16-28)23-30-21-14-11-19(17-22(21)31-23)18-9-12-20(13-10-18)29-35-26(4,5)27(6,7)36-29/h9-14,17H,8,15-16H2,1-7H3,(H,30,31)(H,32,33).